The molecule has 0 saturated heterocycles. The molecule has 0 amide bonds. The molecule has 0 bridgehead atoms. The Labute approximate surface area is 167 Å². The van der Waals surface area contributed by atoms with Crippen LogP contribution < -0.4 is 14.8 Å². The zero-order valence-corrected chi connectivity index (χ0v) is 16.1. The Balaban J connectivity index is 1.64. The fraction of sp³-hybridized carbons (Fsp3) is 0.286. The normalized spacial score (nSPS) is 20.7. The van der Waals surface area contributed by atoms with Crippen LogP contribution in [0.2, 0.25) is 0 Å². The van der Waals surface area contributed by atoms with E-state index in [1.807, 2.05) is 30.3 Å². The van der Waals surface area contributed by atoms with Gasteiger partial charge in [0, 0.05) is 35.2 Å². The third-order valence-electron chi connectivity index (χ3n) is 5.54. The summed E-state index contributed by atoms with van der Waals surface area (Å²) in [5, 5.41) is 7.68. The largest absolute Gasteiger partial charge is 0.497 e. The molecule has 1 aliphatic carbocycles. The minimum absolute atomic E-state index is 0.00312. The number of ether oxygens (including phenoxy) is 2. The van der Waals surface area contributed by atoms with Crippen molar-refractivity contribution in [2.45, 2.75) is 24.8 Å². The minimum Gasteiger partial charge on any atom is -0.497 e. The van der Waals surface area contributed by atoms with E-state index in [-0.39, 0.29) is 11.7 Å². The van der Waals surface area contributed by atoms with E-state index in [9.17, 15) is 4.79 Å². The minimum atomic E-state index is -0.422. The summed E-state index contributed by atoms with van der Waals surface area (Å²) in [4.78, 5) is 17.6. The summed E-state index contributed by atoms with van der Waals surface area (Å²) in [7, 11) is 3.21. The van der Waals surface area contributed by atoms with Gasteiger partial charge in [0.25, 0.3) is 0 Å². The molecular weight excluding hydrogens is 372 g/mol. The van der Waals surface area contributed by atoms with Crippen LogP contribution in [0, 0.1) is 0 Å². The molecule has 2 aromatic heterocycles. The average molecular weight is 392 g/mol. The van der Waals surface area contributed by atoms with Gasteiger partial charge in [-0.1, -0.05) is 0 Å². The third-order valence-corrected chi connectivity index (χ3v) is 5.54. The van der Waals surface area contributed by atoms with E-state index in [1.165, 1.54) is 6.33 Å². The summed E-state index contributed by atoms with van der Waals surface area (Å²) < 4.78 is 18.2. The molecule has 148 valence electrons. The van der Waals surface area contributed by atoms with Gasteiger partial charge in [-0.05, 0) is 30.7 Å². The Kier molecular flexibility index (Phi) is 4.12. The van der Waals surface area contributed by atoms with Crippen molar-refractivity contribution < 1.29 is 18.7 Å². The van der Waals surface area contributed by atoms with Gasteiger partial charge in [0.05, 0.1) is 20.5 Å². The van der Waals surface area contributed by atoms with Gasteiger partial charge in [-0.25, -0.2) is 4.68 Å². The van der Waals surface area contributed by atoms with Crippen LogP contribution in [0.5, 0.6) is 11.5 Å². The van der Waals surface area contributed by atoms with Crippen molar-refractivity contribution in [3.63, 3.8) is 0 Å². The SMILES string of the molecule is COc1ccc([C@H]2C3=C(C[C@@H](c4ccco4)CC3=O)Nc3ncnn32)c(OC)c1. The lowest BCUT2D eigenvalue weighted by atomic mass is 9.79. The molecule has 3 aromatic rings. The third kappa shape index (κ3) is 2.79. The molecule has 8 nitrogen and oxygen atoms in total. The lowest BCUT2D eigenvalue weighted by Crippen LogP contribution is -2.33. The maximum absolute atomic E-state index is 13.3. The number of carbonyl (C=O) groups excluding carboxylic acids is 1. The fourth-order valence-corrected chi connectivity index (χ4v) is 4.21. The van der Waals surface area contributed by atoms with Crippen LogP contribution >= 0.6 is 0 Å². The van der Waals surface area contributed by atoms with E-state index in [1.54, 1.807) is 25.2 Å². The number of nitrogens with one attached hydrogen (secondary N) is 1. The molecule has 0 radical (unpaired) electrons. The molecule has 1 N–H and O–H groups in total. The number of Topliss-reactive ketones (excluding diaryl/α,β-unsaturated/α-hetero) is 1. The summed E-state index contributed by atoms with van der Waals surface area (Å²) in [5.41, 5.74) is 2.37. The zero-order valence-electron chi connectivity index (χ0n) is 16.1. The van der Waals surface area contributed by atoms with E-state index >= 15 is 0 Å². The highest BCUT2D eigenvalue weighted by atomic mass is 16.5. The number of nitrogens with zero attached hydrogens (tertiary/aromatic N) is 3. The monoisotopic (exact) mass is 392 g/mol. The number of benzene rings is 1. The molecule has 29 heavy (non-hydrogen) atoms. The van der Waals surface area contributed by atoms with Crippen molar-refractivity contribution in [1.29, 1.82) is 0 Å². The molecule has 0 spiro atoms. The number of allylic oxidation sites excluding steroid dienone is 2. The first-order valence-corrected chi connectivity index (χ1v) is 9.37. The van der Waals surface area contributed by atoms with Gasteiger partial charge in [-0.15, -0.1) is 0 Å². The maximum atomic E-state index is 13.3. The summed E-state index contributed by atoms with van der Waals surface area (Å²) in [6, 6.07) is 8.92. The number of methoxy groups -OCH3 is 2. The van der Waals surface area contributed by atoms with Crippen molar-refractivity contribution >= 4 is 11.7 Å². The molecule has 5 rings (SSSR count). The Morgan fingerprint density at radius 3 is 2.86 bits per heavy atom. The molecule has 2 aliphatic rings. The number of hydrogen-bond acceptors (Lipinski definition) is 7. The average Bonchev–Trinajstić information content (AvgIpc) is 3.43. The summed E-state index contributed by atoms with van der Waals surface area (Å²) in [6.07, 6.45) is 4.17. The van der Waals surface area contributed by atoms with Crippen molar-refractivity contribution in [3.05, 3.63) is 65.5 Å². The van der Waals surface area contributed by atoms with Crippen molar-refractivity contribution in [2.75, 3.05) is 19.5 Å². The highest BCUT2D eigenvalue weighted by molar-refractivity contribution is 6.00. The standard InChI is InChI=1S/C21H20N4O4/c1-27-13-5-6-14(18(10-13)28-2)20-19-15(24-21-22-11-23-25(20)21)8-12(9-16(19)26)17-4-3-7-29-17/h3-7,10-12,20H,8-9H2,1-2H3,(H,22,23,24)/t12-,20+/m1/s1. The number of ketones is 1. The molecular formula is C21H20N4O4. The van der Waals surface area contributed by atoms with Gasteiger partial charge >= 0.3 is 0 Å². The lowest BCUT2D eigenvalue weighted by Gasteiger charge is -2.35. The summed E-state index contributed by atoms with van der Waals surface area (Å²) in [6.45, 7) is 0. The Hall–Kier alpha value is -3.55. The summed E-state index contributed by atoms with van der Waals surface area (Å²) in [5.74, 6) is 2.78. The number of aromatic nitrogens is 3. The highest BCUT2D eigenvalue weighted by Crippen LogP contribution is 2.46. The van der Waals surface area contributed by atoms with Gasteiger partial charge in [-0.3, -0.25) is 4.79 Å². The molecule has 8 heteroatoms. The number of rotatable bonds is 4. The van der Waals surface area contributed by atoms with Crippen molar-refractivity contribution in [1.82, 2.24) is 14.8 Å². The number of carbonyl (C=O) groups is 1. The topological polar surface area (TPSA) is 91.4 Å². The molecule has 3 heterocycles. The van der Waals surface area contributed by atoms with Gasteiger partial charge in [0.2, 0.25) is 5.95 Å². The second-order valence-corrected chi connectivity index (χ2v) is 7.10. The van der Waals surface area contributed by atoms with Crippen LogP contribution in [-0.2, 0) is 4.79 Å². The highest BCUT2D eigenvalue weighted by Gasteiger charge is 2.40. The van der Waals surface area contributed by atoms with Gasteiger partial charge < -0.3 is 19.2 Å². The second-order valence-electron chi connectivity index (χ2n) is 7.10. The van der Waals surface area contributed by atoms with Crippen LogP contribution in [0.1, 0.15) is 36.1 Å². The number of furan rings is 1. The molecule has 1 aromatic carbocycles. The first kappa shape index (κ1) is 17.5. The van der Waals surface area contributed by atoms with Crippen LogP contribution in [0.15, 0.2) is 58.6 Å². The number of fused-ring (bicyclic) bond motifs is 1. The van der Waals surface area contributed by atoms with E-state index in [0.717, 1.165) is 17.0 Å². The molecule has 0 unspecified atom stereocenters. The van der Waals surface area contributed by atoms with Gasteiger partial charge in [-0.2, -0.15) is 10.1 Å². The Morgan fingerprint density at radius 1 is 1.21 bits per heavy atom. The first-order chi connectivity index (χ1) is 14.2. The maximum Gasteiger partial charge on any atom is 0.226 e. The predicted octanol–water partition coefficient (Wildman–Crippen LogP) is 3.30. The van der Waals surface area contributed by atoms with Crippen LogP contribution in [-0.4, -0.2) is 34.8 Å². The number of hydrogen-bond donors (Lipinski definition) is 1. The Morgan fingerprint density at radius 2 is 2.10 bits per heavy atom. The van der Waals surface area contributed by atoms with Crippen molar-refractivity contribution in [2.24, 2.45) is 0 Å². The van der Waals surface area contributed by atoms with E-state index in [2.05, 4.69) is 15.4 Å². The van der Waals surface area contributed by atoms with E-state index in [0.29, 0.717) is 35.9 Å². The van der Waals surface area contributed by atoms with Crippen molar-refractivity contribution in [3.8, 4) is 11.5 Å². The molecule has 0 saturated carbocycles. The van der Waals surface area contributed by atoms with E-state index in [4.69, 9.17) is 13.9 Å². The predicted molar refractivity (Wildman–Crippen MR) is 104 cm³/mol. The van der Waals surface area contributed by atoms with E-state index < -0.39 is 6.04 Å². The number of anilines is 1. The van der Waals surface area contributed by atoms with Gasteiger partial charge in [0.1, 0.15) is 29.6 Å². The first-order valence-electron chi connectivity index (χ1n) is 9.37. The van der Waals surface area contributed by atoms with Crippen LogP contribution in [0.3, 0.4) is 0 Å². The van der Waals surface area contributed by atoms with Gasteiger partial charge in [0.15, 0.2) is 5.78 Å². The molecule has 2 atom stereocenters. The molecule has 0 fully saturated rings. The zero-order chi connectivity index (χ0) is 20.0. The Bertz CT molecular complexity index is 1100. The quantitative estimate of drug-likeness (QED) is 0.728. The fourth-order valence-electron chi connectivity index (χ4n) is 4.21. The molecule has 1 aliphatic heterocycles. The van der Waals surface area contributed by atoms with Crippen LogP contribution in [0.4, 0.5) is 5.95 Å². The van der Waals surface area contributed by atoms with Crippen LogP contribution in [0.25, 0.3) is 0 Å². The smallest absolute Gasteiger partial charge is 0.226 e. The lowest BCUT2D eigenvalue weighted by molar-refractivity contribution is -0.117. The second kappa shape index (κ2) is 6.80. The summed E-state index contributed by atoms with van der Waals surface area (Å²) >= 11 is 0.